The third-order valence-electron chi connectivity index (χ3n) is 4.71. The molecule has 1 aromatic rings. The molecule has 0 aromatic heterocycles. The zero-order chi connectivity index (χ0) is 14.8. The molecule has 2 aliphatic heterocycles. The van der Waals surface area contributed by atoms with Crippen molar-refractivity contribution < 1.29 is 4.79 Å². The SMILES string of the molecule is CCCC1CCCCN1c1cc2c(cc1N)NC(=O)CC2. The number of nitrogens with one attached hydrogen (secondary N) is 1. The van der Waals surface area contributed by atoms with E-state index in [4.69, 9.17) is 5.73 Å². The number of carbonyl (C=O) groups is 1. The van der Waals surface area contributed by atoms with Gasteiger partial charge in [0.1, 0.15) is 0 Å². The molecule has 1 saturated heterocycles. The lowest BCUT2D eigenvalue weighted by molar-refractivity contribution is -0.116. The molecule has 0 aliphatic carbocycles. The van der Waals surface area contributed by atoms with Crippen LogP contribution < -0.4 is 16.0 Å². The molecule has 2 heterocycles. The lowest BCUT2D eigenvalue weighted by Gasteiger charge is -2.39. The zero-order valence-electron chi connectivity index (χ0n) is 12.8. The molecule has 0 saturated carbocycles. The van der Waals surface area contributed by atoms with E-state index in [1.807, 2.05) is 6.07 Å². The van der Waals surface area contributed by atoms with E-state index in [0.717, 1.165) is 24.3 Å². The average Bonchev–Trinajstić information content (AvgIpc) is 2.47. The van der Waals surface area contributed by atoms with Gasteiger partial charge in [0.15, 0.2) is 0 Å². The van der Waals surface area contributed by atoms with E-state index in [0.29, 0.717) is 12.5 Å². The van der Waals surface area contributed by atoms with E-state index in [1.165, 1.54) is 43.4 Å². The van der Waals surface area contributed by atoms with E-state index in [-0.39, 0.29) is 5.91 Å². The normalized spacial score (nSPS) is 21.9. The topological polar surface area (TPSA) is 58.4 Å². The van der Waals surface area contributed by atoms with Gasteiger partial charge in [-0.3, -0.25) is 4.79 Å². The number of carbonyl (C=O) groups excluding carboxylic acids is 1. The van der Waals surface area contributed by atoms with E-state index in [2.05, 4.69) is 23.2 Å². The van der Waals surface area contributed by atoms with Crippen LogP contribution in [0.25, 0.3) is 0 Å². The number of aryl methyl sites for hydroxylation is 1. The summed E-state index contributed by atoms with van der Waals surface area (Å²) in [6.45, 7) is 3.35. The molecule has 1 unspecified atom stereocenters. The van der Waals surface area contributed by atoms with Gasteiger partial charge < -0.3 is 16.0 Å². The number of nitrogen functional groups attached to an aromatic ring is 1. The van der Waals surface area contributed by atoms with Crippen molar-refractivity contribution >= 4 is 23.0 Å². The molecule has 1 amide bonds. The number of nitrogens with two attached hydrogens (primary N) is 1. The van der Waals surface area contributed by atoms with Gasteiger partial charge in [0.2, 0.25) is 5.91 Å². The second kappa shape index (κ2) is 5.96. The van der Waals surface area contributed by atoms with Gasteiger partial charge >= 0.3 is 0 Å². The third-order valence-corrected chi connectivity index (χ3v) is 4.71. The predicted octanol–water partition coefficient (Wildman–Crippen LogP) is 3.31. The lowest BCUT2D eigenvalue weighted by Crippen LogP contribution is -2.40. The summed E-state index contributed by atoms with van der Waals surface area (Å²) in [6.07, 6.45) is 7.67. The molecule has 1 fully saturated rings. The number of anilines is 3. The zero-order valence-corrected chi connectivity index (χ0v) is 12.8. The van der Waals surface area contributed by atoms with Crippen molar-refractivity contribution in [2.75, 3.05) is 22.5 Å². The highest BCUT2D eigenvalue weighted by molar-refractivity contribution is 5.95. The second-order valence-electron chi connectivity index (χ2n) is 6.25. The number of hydrogen-bond acceptors (Lipinski definition) is 3. The van der Waals surface area contributed by atoms with Crippen LogP contribution in [-0.4, -0.2) is 18.5 Å². The van der Waals surface area contributed by atoms with Crippen LogP contribution >= 0.6 is 0 Å². The first kappa shape index (κ1) is 14.2. The van der Waals surface area contributed by atoms with Gasteiger partial charge in [-0.25, -0.2) is 0 Å². The number of piperidine rings is 1. The van der Waals surface area contributed by atoms with E-state index in [9.17, 15) is 4.79 Å². The summed E-state index contributed by atoms with van der Waals surface area (Å²) < 4.78 is 0. The van der Waals surface area contributed by atoms with E-state index >= 15 is 0 Å². The summed E-state index contributed by atoms with van der Waals surface area (Å²) in [5, 5.41) is 2.93. The maximum atomic E-state index is 11.5. The number of nitrogens with zero attached hydrogens (tertiary/aromatic N) is 1. The molecule has 4 nitrogen and oxygen atoms in total. The minimum atomic E-state index is 0.0940. The van der Waals surface area contributed by atoms with Crippen molar-refractivity contribution in [1.29, 1.82) is 0 Å². The van der Waals surface area contributed by atoms with Crippen molar-refractivity contribution in [2.45, 2.75) is 57.9 Å². The second-order valence-corrected chi connectivity index (χ2v) is 6.25. The molecule has 4 heteroatoms. The Morgan fingerprint density at radius 2 is 2.19 bits per heavy atom. The summed E-state index contributed by atoms with van der Waals surface area (Å²) in [7, 11) is 0. The van der Waals surface area contributed by atoms with Gasteiger partial charge in [0, 0.05) is 24.7 Å². The molecular formula is C17H25N3O. The molecule has 114 valence electrons. The first-order chi connectivity index (χ1) is 10.2. The Morgan fingerprint density at radius 3 is 3.00 bits per heavy atom. The van der Waals surface area contributed by atoms with Crippen LogP contribution in [0, 0.1) is 0 Å². The fourth-order valence-corrected chi connectivity index (χ4v) is 3.63. The Kier molecular flexibility index (Phi) is 4.04. The van der Waals surface area contributed by atoms with Gasteiger partial charge in [0.05, 0.1) is 11.4 Å². The average molecular weight is 287 g/mol. The molecule has 3 N–H and O–H groups in total. The van der Waals surface area contributed by atoms with Crippen LogP contribution in [0.1, 0.15) is 51.0 Å². The summed E-state index contributed by atoms with van der Waals surface area (Å²) >= 11 is 0. The fourth-order valence-electron chi connectivity index (χ4n) is 3.63. The monoisotopic (exact) mass is 287 g/mol. The third kappa shape index (κ3) is 2.85. The van der Waals surface area contributed by atoms with Gasteiger partial charge in [-0.05, 0) is 49.8 Å². The highest BCUT2D eigenvalue weighted by atomic mass is 16.1. The van der Waals surface area contributed by atoms with Crippen molar-refractivity contribution in [1.82, 2.24) is 0 Å². The number of fused-ring (bicyclic) bond motifs is 1. The number of rotatable bonds is 3. The standard InChI is InChI=1S/C17H25N3O/c1-2-5-13-6-3-4-9-20(13)16-10-12-7-8-17(21)19-15(12)11-14(16)18/h10-11,13H,2-9,18H2,1H3,(H,19,21). The quantitative estimate of drug-likeness (QED) is 0.839. The molecule has 3 rings (SSSR count). The summed E-state index contributed by atoms with van der Waals surface area (Å²) in [5.41, 5.74) is 10.4. The Morgan fingerprint density at radius 1 is 1.33 bits per heavy atom. The Balaban J connectivity index is 1.92. The van der Waals surface area contributed by atoms with Crippen LogP contribution in [0.4, 0.5) is 17.1 Å². The van der Waals surface area contributed by atoms with Crippen LogP contribution in [0.2, 0.25) is 0 Å². The van der Waals surface area contributed by atoms with Crippen LogP contribution in [0.3, 0.4) is 0 Å². The Hall–Kier alpha value is -1.71. The number of amides is 1. The maximum Gasteiger partial charge on any atom is 0.224 e. The van der Waals surface area contributed by atoms with Crippen molar-refractivity contribution in [3.05, 3.63) is 17.7 Å². The molecule has 0 radical (unpaired) electrons. The van der Waals surface area contributed by atoms with Crippen LogP contribution in [-0.2, 0) is 11.2 Å². The minimum Gasteiger partial charge on any atom is -0.397 e. The van der Waals surface area contributed by atoms with Gasteiger partial charge in [0.25, 0.3) is 0 Å². The van der Waals surface area contributed by atoms with E-state index in [1.54, 1.807) is 0 Å². The van der Waals surface area contributed by atoms with Crippen LogP contribution in [0.5, 0.6) is 0 Å². The van der Waals surface area contributed by atoms with Crippen molar-refractivity contribution in [3.63, 3.8) is 0 Å². The molecule has 21 heavy (non-hydrogen) atoms. The molecule has 1 aromatic carbocycles. The molecular weight excluding hydrogens is 262 g/mol. The lowest BCUT2D eigenvalue weighted by atomic mass is 9.95. The minimum absolute atomic E-state index is 0.0940. The van der Waals surface area contributed by atoms with E-state index < -0.39 is 0 Å². The molecule has 0 spiro atoms. The predicted molar refractivity (Wildman–Crippen MR) is 87.7 cm³/mol. The Labute approximate surface area is 126 Å². The summed E-state index contributed by atoms with van der Waals surface area (Å²) in [4.78, 5) is 14.0. The summed E-state index contributed by atoms with van der Waals surface area (Å²) in [5.74, 6) is 0.0940. The smallest absolute Gasteiger partial charge is 0.224 e. The first-order valence-electron chi connectivity index (χ1n) is 8.18. The molecule has 0 bridgehead atoms. The number of hydrogen-bond donors (Lipinski definition) is 2. The Bertz CT molecular complexity index is 539. The fraction of sp³-hybridized carbons (Fsp3) is 0.588. The molecule has 1 atom stereocenters. The largest absolute Gasteiger partial charge is 0.397 e. The van der Waals surface area contributed by atoms with Crippen molar-refractivity contribution in [3.8, 4) is 0 Å². The van der Waals surface area contributed by atoms with Crippen molar-refractivity contribution in [2.24, 2.45) is 0 Å². The molecule has 2 aliphatic rings. The highest BCUT2D eigenvalue weighted by Crippen LogP contribution is 2.36. The number of benzene rings is 1. The summed E-state index contributed by atoms with van der Waals surface area (Å²) in [6, 6.07) is 4.76. The van der Waals surface area contributed by atoms with Crippen LogP contribution in [0.15, 0.2) is 12.1 Å². The van der Waals surface area contributed by atoms with Gasteiger partial charge in [-0.2, -0.15) is 0 Å². The van der Waals surface area contributed by atoms with Gasteiger partial charge in [-0.15, -0.1) is 0 Å². The maximum absolute atomic E-state index is 11.5. The van der Waals surface area contributed by atoms with Gasteiger partial charge in [-0.1, -0.05) is 13.3 Å². The highest BCUT2D eigenvalue weighted by Gasteiger charge is 2.25. The first-order valence-corrected chi connectivity index (χ1v) is 8.18.